The molecule has 0 saturated heterocycles. The molecule has 3 aromatic carbocycles. The molecule has 0 atom stereocenters. The van der Waals surface area contributed by atoms with E-state index >= 15 is 0 Å². The number of benzene rings is 3. The summed E-state index contributed by atoms with van der Waals surface area (Å²) in [7, 11) is 0. The molecule has 0 saturated carbocycles. The summed E-state index contributed by atoms with van der Waals surface area (Å²) in [5, 5.41) is 0. The summed E-state index contributed by atoms with van der Waals surface area (Å²) >= 11 is 0. The van der Waals surface area contributed by atoms with Gasteiger partial charge >= 0.3 is 0 Å². The minimum Gasteiger partial charge on any atom is -0.248 e. The molecule has 126 valence electrons. The third-order valence-corrected chi connectivity index (χ3v) is 4.77. The maximum absolute atomic E-state index is 5.02. The van der Waals surface area contributed by atoms with Crippen molar-refractivity contribution in [2.24, 2.45) is 0 Å². The Morgan fingerprint density at radius 1 is 0.500 bits per heavy atom. The summed E-state index contributed by atoms with van der Waals surface area (Å²) in [6, 6.07) is 31.8. The molecule has 0 aliphatic rings. The highest BCUT2D eigenvalue weighted by atomic mass is 14.7. The van der Waals surface area contributed by atoms with Gasteiger partial charge in [0.05, 0.1) is 11.4 Å². The maximum Gasteiger partial charge on any atom is 0.0718 e. The summed E-state index contributed by atoms with van der Waals surface area (Å²) in [6.07, 6.45) is 0. The molecule has 0 bridgehead atoms. The molecule has 1 heteroatoms. The minimum absolute atomic E-state index is 1.02. The molecular weight excluding hydrogens is 314 g/mol. The average molecular weight is 335 g/mol. The van der Waals surface area contributed by atoms with E-state index in [0.717, 1.165) is 11.4 Å². The molecule has 26 heavy (non-hydrogen) atoms. The molecule has 0 fully saturated rings. The molecule has 0 aliphatic carbocycles. The Morgan fingerprint density at radius 3 is 1.46 bits per heavy atom. The van der Waals surface area contributed by atoms with Crippen molar-refractivity contribution in [3.05, 3.63) is 102 Å². The molecule has 1 heterocycles. The van der Waals surface area contributed by atoms with Crippen molar-refractivity contribution in [2.45, 2.75) is 13.8 Å². The molecule has 0 spiro atoms. The Bertz CT molecular complexity index is 985. The van der Waals surface area contributed by atoms with Gasteiger partial charge in [0.15, 0.2) is 0 Å². The van der Waals surface area contributed by atoms with Crippen LogP contribution >= 0.6 is 0 Å². The predicted molar refractivity (Wildman–Crippen MR) is 110 cm³/mol. The van der Waals surface area contributed by atoms with Gasteiger partial charge in [-0.1, -0.05) is 78.9 Å². The van der Waals surface area contributed by atoms with E-state index in [-0.39, 0.29) is 0 Å². The molecule has 0 aliphatic heterocycles. The van der Waals surface area contributed by atoms with Crippen molar-refractivity contribution < 1.29 is 0 Å². The number of rotatable bonds is 3. The lowest BCUT2D eigenvalue weighted by Gasteiger charge is -2.13. The molecule has 4 aromatic rings. The number of pyridine rings is 1. The van der Waals surface area contributed by atoms with Gasteiger partial charge < -0.3 is 0 Å². The standard InChI is InChI=1S/C25H21N/c1-18-10-6-8-14-22(18)24-16-21(20-12-4-3-5-13-20)17-25(26-24)23-15-9-7-11-19(23)2/h3-17H,1-2H3. The summed E-state index contributed by atoms with van der Waals surface area (Å²) in [5.41, 5.74) is 9.27. The fourth-order valence-corrected chi connectivity index (χ4v) is 3.32. The zero-order valence-corrected chi connectivity index (χ0v) is 15.1. The molecule has 1 nitrogen and oxygen atoms in total. The lowest BCUT2D eigenvalue weighted by molar-refractivity contribution is 1.29. The second-order valence-corrected chi connectivity index (χ2v) is 6.62. The molecule has 0 unspecified atom stereocenters. The van der Waals surface area contributed by atoms with Crippen LogP contribution in [0.3, 0.4) is 0 Å². The summed E-state index contributed by atoms with van der Waals surface area (Å²) < 4.78 is 0. The van der Waals surface area contributed by atoms with E-state index in [1.165, 1.54) is 33.4 Å². The van der Waals surface area contributed by atoms with Crippen molar-refractivity contribution in [3.63, 3.8) is 0 Å². The van der Waals surface area contributed by atoms with E-state index in [9.17, 15) is 0 Å². The molecule has 0 amide bonds. The number of nitrogens with zero attached hydrogens (tertiary/aromatic N) is 1. The smallest absolute Gasteiger partial charge is 0.0718 e. The van der Waals surface area contributed by atoms with Crippen LogP contribution in [0.15, 0.2) is 91.0 Å². The summed E-state index contributed by atoms with van der Waals surface area (Å²) in [6.45, 7) is 4.28. The topological polar surface area (TPSA) is 12.9 Å². The van der Waals surface area contributed by atoms with E-state index in [4.69, 9.17) is 4.98 Å². The highest BCUT2D eigenvalue weighted by molar-refractivity contribution is 5.78. The van der Waals surface area contributed by atoms with Gasteiger partial charge in [-0.25, -0.2) is 4.98 Å². The average Bonchev–Trinajstić information content (AvgIpc) is 2.69. The van der Waals surface area contributed by atoms with E-state index < -0.39 is 0 Å². The molecule has 4 rings (SSSR count). The van der Waals surface area contributed by atoms with Gasteiger partial charge in [0, 0.05) is 11.1 Å². The van der Waals surface area contributed by atoms with E-state index in [2.05, 4.69) is 105 Å². The fraction of sp³-hybridized carbons (Fsp3) is 0.0800. The zero-order valence-electron chi connectivity index (χ0n) is 15.1. The lowest BCUT2D eigenvalue weighted by atomic mass is 9.97. The zero-order chi connectivity index (χ0) is 17.9. The first kappa shape index (κ1) is 16.3. The van der Waals surface area contributed by atoms with Crippen molar-refractivity contribution >= 4 is 0 Å². The van der Waals surface area contributed by atoms with Crippen molar-refractivity contribution in [2.75, 3.05) is 0 Å². The first-order valence-electron chi connectivity index (χ1n) is 8.92. The normalized spacial score (nSPS) is 10.7. The summed E-state index contributed by atoms with van der Waals surface area (Å²) in [4.78, 5) is 5.02. The Balaban J connectivity index is 1.97. The molecule has 0 N–H and O–H groups in total. The molecular formula is C25H21N. The SMILES string of the molecule is Cc1ccccc1-c1cc(-c2ccccc2)cc(-c2ccccc2C)n1. The Hall–Kier alpha value is -3.19. The quantitative estimate of drug-likeness (QED) is 0.406. The van der Waals surface area contributed by atoms with Crippen molar-refractivity contribution in [1.82, 2.24) is 4.98 Å². The monoisotopic (exact) mass is 335 g/mol. The van der Waals surface area contributed by atoms with Gasteiger partial charge in [0.25, 0.3) is 0 Å². The first-order chi connectivity index (χ1) is 12.7. The van der Waals surface area contributed by atoms with Gasteiger partial charge in [0.2, 0.25) is 0 Å². The van der Waals surface area contributed by atoms with E-state index in [0.29, 0.717) is 0 Å². The number of aromatic nitrogens is 1. The molecule has 1 aromatic heterocycles. The Kier molecular flexibility index (Phi) is 4.37. The third kappa shape index (κ3) is 3.16. The van der Waals surface area contributed by atoms with Crippen LogP contribution in [-0.2, 0) is 0 Å². The van der Waals surface area contributed by atoms with Crippen molar-refractivity contribution in [3.8, 4) is 33.6 Å². The van der Waals surface area contributed by atoms with Crippen LogP contribution in [0.2, 0.25) is 0 Å². The van der Waals surface area contributed by atoms with Crippen LogP contribution in [0.5, 0.6) is 0 Å². The Labute approximate surface area is 155 Å². The van der Waals surface area contributed by atoms with Crippen LogP contribution in [-0.4, -0.2) is 4.98 Å². The van der Waals surface area contributed by atoms with Gasteiger partial charge in [0.1, 0.15) is 0 Å². The lowest BCUT2D eigenvalue weighted by Crippen LogP contribution is -1.94. The van der Waals surface area contributed by atoms with Crippen LogP contribution in [0.1, 0.15) is 11.1 Å². The largest absolute Gasteiger partial charge is 0.248 e. The second kappa shape index (κ2) is 6.97. The van der Waals surface area contributed by atoms with Crippen LogP contribution in [0.25, 0.3) is 33.6 Å². The van der Waals surface area contributed by atoms with Gasteiger partial charge in [-0.3, -0.25) is 0 Å². The van der Waals surface area contributed by atoms with E-state index in [1.807, 2.05) is 0 Å². The van der Waals surface area contributed by atoms with Gasteiger partial charge in [-0.05, 0) is 48.2 Å². The van der Waals surface area contributed by atoms with Gasteiger partial charge in [-0.2, -0.15) is 0 Å². The van der Waals surface area contributed by atoms with E-state index in [1.54, 1.807) is 0 Å². The first-order valence-corrected chi connectivity index (χ1v) is 8.92. The molecule has 0 radical (unpaired) electrons. The van der Waals surface area contributed by atoms with Gasteiger partial charge in [-0.15, -0.1) is 0 Å². The van der Waals surface area contributed by atoms with Crippen LogP contribution in [0.4, 0.5) is 0 Å². The maximum atomic E-state index is 5.02. The number of hydrogen-bond acceptors (Lipinski definition) is 1. The highest BCUT2D eigenvalue weighted by Crippen LogP contribution is 2.32. The summed E-state index contributed by atoms with van der Waals surface area (Å²) in [5.74, 6) is 0. The predicted octanol–water partition coefficient (Wildman–Crippen LogP) is 6.70. The second-order valence-electron chi connectivity index (χ2n) is 6.62. The highest BCUT2D eigenvalue weighted by Gasteiger charge is 2.11. The van der Waals surface area contributed by atoms with Crippen LogP contribution in [0, 0.1) is 13.8 Å². The minimum atomic E-state index is 1.02. The fourth-order valence-electron chi connectivity index (χ4n) is 3.32. The van der Waals surface area contributed by atoms with Crippen LogP contribution < -0.4 is 0 Å². The number of hydrogen-bond donors (Lipinski definition) is 0. The number of aryl methyl sites for hydroxylation is 2. The Morgan fingerprint density at radius 2 is 0.962 bits per heavy atom. The third-order valence-electron chi connectivity index (χ3n) is 4.77. The van der Waals surface area contributed by atoms with Crippen molar-refractivity contribution in [1.29, 1.82) is 0 Å².